The number of benzene rings is 1. The van der Waals surface area contributed by atoms with Crippen LogP contribution in [0.3, 0.4) is 0 Å². The number of phenols is 1. The van der Waals surface area contributed by atoms with E-state index in [-0.39, 0.29) is 11.5 Å². The van der Waals surface area contributed by atoms with E-state index in [1.54, 1.807) is 0 Å². The van der Waals surface area contributed by atoms with Crippen LogP contribution in [0.15, 0.2) is 12.1 Å². The molecule has 3 aliphatic carbocycles. The summed E-state index contributed by atoms with van der Waals surface area (Å²) in [5.41, 5.74) is 3.74. The Bertz CT molecular complexity index is 579. The van der Waals surface area contributed by atoms with Crippen molar-refractivity contribution >= 4 is 0 Å². The van der Waals surface area contributed by atoms with E-state index in [9.17, 15) is 10.2 Å². The monoisotopic (exact) mass is 286 g/mol. The Morgan fingerprint density at radius 3 is 2.76 bits per heavy atom. The number of phenolic OH excluding ortho intramolecular Hbond substituents is 1. The fraction of sp³-hybridized carbons (Fsp3) is 0.684. The lowest BCUT2D eigenvalue weighted by Gasteiger charge is -2.50. The van der Waals surface area contributed by atoms with Crippen molar-refractivity contribution in [2.75, 3.05) is 0 Å². The van der Waals surface area contributed by atoms with Crippen LogP contribution in [0.5, 0.6) is 5.75 Å². The van der Waals surface area contributed by atoms with Crippen LogP contribution in [0.1, 0.15) is 61.6 Å². The van der Waals surface area contributed by atoms with Crippen molar-refractivity contribution in [3.8, 4) is 5.75 Å². The molecule has 2 fully saturated rings. The highest BCUT2D eigenvalue weighted by molar-refractivity contribution is 5.49. The molecule has 0 bridgehead atoms. The van der Waals surface area contributed by atoms with Gasteiger partial charge in [-0.3, -0.25) is 0 Å². The van der Waals surface area contributed by atoms with E-state index in [1.165, 1.54) is 24.0 Å². The van der Waals surface area contributed by atoms with Crippen LogP contribution < -0.4 is 0 Å². The van der Waals surface area contributed by atoms with Gasteiger partial charge in [-0.15, -0.1) is 0 Å². The third kappa shape index (κ3) is 1.75. The molecule has 2 N–H and O–H groups in total. The summed E-state index contributed by atoms with van der Waals surface area (Å²) in [4.78, 5) is 0. The van der Waals surface area contributed by atoms with Crippen molar-refractivity contribution in [3.05, 3.63) is 28.8 Å². The molecule has 2 nitrogen and oxygen atoms in total. The van der Waals surface area contributed by atoms with Crippen LogP contribution in [0, 0.1) is 24.2 Å². The van der Waals surface area contributed by atoms with Crippen molar-refractivity contribution in [2.45, 2.75) is 64.4 Å². The summed E-state index contributed by atoms with van der Waals surface area (Å²) in [5, 5.41) is 21.0. The molecule has 4 rings (SSSR count). The highest BCUT2D eigenvalue weighted by Gasteiger charge is 2.54. The van der Waals surface area contributed by atoms with E-state index in [2.05, 4.69) is 19.1 Å². The summed E-state index contributed by atoms with van der Waals surface area (Å²) < 4.78 is 0. The van der Waals surface area contributed by atoms with Crippen LogP contribution in [0.2, 0.25) is 0 Å². The Hall–Kier alpha value is -1.02. The van der Waals surface area contributed by atoms with E-state index in [1.807, 2.05) is 6.92 Å². The largest absolute Gasteiger partial charge is 0.507 e. The molecule has 0 heterocycles. The van der Waals surface area contributed by atoms with Crippen LogP contribution in [-0.2, 0) is 6.42 Å². The Morgan fingerprint density at radius 2 is 1.95 bits per heavy atom. The Kier molecular flexibility index (Phi) is 2.91. The van der Waals surface area contributed by atoms with Gasteiger partial charge in [0.05, 0.1) is 6.10 Å². The van der Waals surface area contributed by atoms with Gasteiger partial charge in [0, 0.05) is 5.56 Å². The minimum absolute atomic E-state index is 0.115. The molecule has 1 aromatic rings. The molecule has 114 valence electrons. The van der Waals surface area contributed by atoms with Crippen LogP contribution in [0.25, 0.3) is 0 Å². The summed E-state index contributed by atoms with van der Waals surface area (Å²) in [7, 11) is 0. The highest BCUT2D eigenvalue weighted by atomic mass is 16.3. The SMILES string of the molecule is Cc1ccc2c(c1O)[C@H]1CC[C@]3(C)[C@@H](O)CC[C@H]3[C@H]1CC2. The van der Waals surface area contributed by atoms with E-state index < -0.39 is 0 Å². The van der Waals surface area contributed by atoms with Gasteiger partial charge in [0.1, 0.15) is 5.75 Å². The number of aliphatic hydroxyl groups excluding tert-OH is 1. The van der Waals surface area contributed by atoms with Crippen molar-refractivity contribution in [1.29, 1.82) is 0 Å². The zero-order valence-corrected chi connectivity index (χ0v) is 13.1. The van der Waals surface area contributed by atoms with Crippen LogP contribution in [0.4, 0.5) is 0 Å². The van der Waals surface area contributed by atoms with Gasteiger partial charge < -0.3 is 10.2 Å². The first-order chi connectivity index (χ1) is 10.0. The summed E-state index contributed by atoms with van der Waals surface area (Å²) in [6.07, 6.45) is 6.57. The van der Waals surface area contributed by atoms with Gasteiger partial charge in [0.15, 0.2) is 0 Å². The third-order valence-electron chi connectivity index (χ3n) is 7.01. The van der Waals surface area contributed by atoms with Gasteiger partial charge in [-0.2, -0.15) is 0 Å². The molecule has 5 atom stereocenters. The molecule has 2 saturated carbocycles. The maximum absolute atomic E-state index is 10.6. The average Bonchev–Trinajstić information content (AvgIpc) is 2.78. The van der Waals surface area contributed by atoms with Gasteiger partial charge in [0.25, 0.3) is 0 Å². The van der Waals surface area contributed by atoms with Gasteiger partial charge in [-0.25, -0.2) is 0 Å². The molecular formula is C19H26O2. The van der Waals surface area contributed by atoms with Gasteiger partial charge >= 0.3 is 0 Å². The average molecular weight is 286 g/mol. The smallest absolute Gasteiger partial charge is 0.122 e. The second-order valence-corrected chi connectivity index (χ2v) is 7.86. The summed E-state index contributed by atoms with van der Waals surface area (Å²) in [6, 6.07) is 4.28. The first kappa shape index (κ1) is 13.6. The normalized spacial score (nSPS) is 41.3. The lowest BCUT2D eigenvalue weighted by Crippen LogP contribution is -2.43. The molecule has 0 aromatic heterocycles. The molecule has 0 saturated heterocycles. The van der Waals surface area contributed by atoms with E-state index in [4.69, 9.17) is 0 Å². The quantitative estimate of drug-likeness (QED) is 0.759. The molecule has 2 heteroatoms. The molecule has 21 heavy (non-hydrogen) atoms. The number of aromatic hydroxyl groups is 1. The number of hydrogen-bond donors (Lipinski definition) is 2. The highest BCUT2D eigenvalue weighted by Crippen LogP contribution is 2.61. The van der Waals surface area contributed by atoms with Crippen molar-refractivity contribution in [2.24, 2.45) is 17.3 Å². The Labute approximate surface area is 127 Å². The maximum atomic E-state index is 10.6. The van der Waals surface area contributed by atoms with Crippen molar-refractivity contribution in [1.82, 2.24) is 0 Å². The minimum atomic E-state index is -0.115. The lowest BCUT2D eigenvalue weighted by molar-refractivity contribution is -0.0229. The molecule has 0 aliphatic heterocycles. The zero-order chi connectivity index (χ0) is 14.8. The Morgan fingerprint density at radius 1 is 1.14 bits per heavy atom. The first-order valence-electron chi connectivity index (χ1n) is 8.52. The second-order valence-electron chi connectivity index (χ2n) is 7.86. The van der Waals surface area contributed by atoms with E-state index in [0.29, 0.717) is 23.5 Å². The van der Waals surface area contributed by atoms with Gasteiger partial charge in [-0.05, 0) is 79.7 Å². The Balaban J connectivity index is 1.76. The number of fused-ring (bicyclic) bond motifs is 5. The summed E-state index contributed by atoms with van der Waals surface area (Å²) >= 11 is 0. The topological polar surface area (TPSA) is 40.5 Å². The molecule has 0 radical (unpaired) electrons. The maximum Gasteiger partial charge on any atom is 0.122 e. The minimum Gasteiger partial charge on any atom is -0.507 e. The number of hydrogen-bond acceptors (Lipinski definition) is 2. The molecule has 0 amide bonds. The molecule has 1 aromatic carbocycles. The number of aliphatic hydroxyl groups is 1. The zero-order valence-electron chi connectivity index (χ0n) is 13.1. The van der Waals surface area contributed by atoms with Crippen molar-refractivity contribution < 1.29 is 10.2 Å². The number of aryl methyl sites for hydroxylation is 2. The van der Waals surface area contributed by atoms with Gasteiger partial charge in [0.2, 0.25) is 0 Å². The molecule has 0 spiro atoms. The predicted molar refractivity (Wildman–Crippen MR) is 83.5 cm³/mol. The fourth-order valence-corrected chi connectivity index (χ4v) is 5.73. The van der Waals surface area contributed by atoms with Crippen molar-refractivity contribution in [3.63, 3.8) is 0 Å². The molecule has 0 unspecified atom stereocenters. The summed E-state index contributed by atoms with van der Waals surface area (Å²) in [5.74, 6) is 2.35. The lowest BCUT2D eigenvalue weighted by atomic mass is 9.55. The third-order valence-corrected chi connectivity index (χ3v) is 7.01. The standard InChI is InChI=1S/C19H26O2/c1-11-3-4-12-5-6-13-14(17(12)18(11)21)9-10-19(2)15(13)7-8-16(19)20/h3-4,13-16,20-21H,5-10H2,1-2H3/t13-,14-,15-,16-,19-/m0/s1. The molecule has 3 aliphatic rings. The molecular weight excluding hydrogens is 260 g/mol. The second kappa shape index (κ2) is 4.49. The van der Waals surface area contributed by atoms with E-state index in [0.717, 1.165) is 31.2 Å². The summed E-state index contributed by atoms with van der Waals surface area (Å²) in [6.45, 7) is 4.31. The van der Waals surface area contributed by atoms with Crippen LogP contribution >= 0.6 is 0 Å². The number of rotatable bonds is 0. The van der Waals surface area contributed by atoms with Crippen LogP contribution in [-0.4, -0.2) is 16.3 Å². The van der Waals surface area contributed by atoms with E-state index >= 15 is 0 Å². The first-order valence-corrected chi connectivity index (χ1v) is 8.52. The predicted octanol–water partition coefficient (Wildman–Crippen LogP) is 3.92. The fourth-order valence-electron chi connectivity index (χ4n) is 5.73. The van der Waals surface area contributed by atoms with Gasteiger partial charge in [-0.1, -0.05) is 19.1 Å².